The molecule has 0 bridgehead atoms. The highest BCUT2D eigenvalue weighted by atomic mass is 16.5. The van der Waals surface area contributed by atoms with Gasteiger partial charge >= 0.3 is 0 Å². The Kier molecular flexibility index (Phi) is 3.82. The Balaban J connectivity index is 1.86. The summed E-state index contributed by atoms with van der Waals surface area (Å²) < 4.78 is 5.34. The zero-order valence-electron chi connectivity index (χ0n) is 9.89. The summed E-state index contributed by atoms with van der Waals surface area (Å²) in [5, 5.41) is 9.50. The van der Waals surface area contributed by atoms with E-state index in [1.807, 2.05) is 11.8 Å². The molecule has 2 saturated heterocycles. The standard InChI is InChI=1S/C12H21NO3/c1-9(14)10-4-5-13(7-10)12(15)11-3-2-6-16-8-11/h9-11,14H,2-8H2,1H3. The fourth-order valence-electron chi connectivity index (χ4n) is 2.57. The van der Waals surface area contributed by atoms with Crippen LogP contribution in [0.25, 0.3) is 0 Å². The predicted octanol–water partition coefficient (Wildman–Crippen LogP) is 0.642. The molecule has 0 aromatic carbocycles. The second-order valence-electron chi connectivity index (χ2n) is 4.99. The Morgan fingerprint density at radius 2 is 2.31 bits per heavy atom. The van der Waals surface area contributed by atoms with Crippen molar-refractivity contribution in [2.45, 2.75) is 32.3 Å². The maximum Gasteiger partial charge on any atom is 0.228 e. The molecule has 3 atom stereocenters. The molecule has 4 heteroatoms. The second-order valence-corrected chi connectivity index (χ2v) is 4.99. The van der Waals surface area contributed by atoms with Crippen LogP contribution in [0.4, 0.5) is 0 Å². The van der Waals surface area contributed by atoms with E-state index in [0.29, 0.717) is 13.2 Å². The molecule has 3 unspecified atom stereocenters. The molecule has 0 spiro atoms. The number of hydrogen-bond donors (Lipinski definition) is 1. The van der Waals surface area contributed by atoms with Crippen molar-refractivity contribution in [3.63, 3.8) is 0 Å². The van der Waals surface area contributed by atoms with Crippen LogP contribution < -0.4 is 0 Å². The molecule has 92 valence electrons. The molecular weight excluding hydrogens is 206 g/mol. The Bertz CT molecular complexity index is 249. The van der Waals surface area contributed by atoms with E-state index in [1.54, 1.807) is 0 Å². The Morgan fingerprint density at radius 1 is 1.50 bits per heavy atom. The van der Waals surface area contributed by atoms with Crippen LogP contribution in [0.3, 0.4) is 0 Å². The number of likely N-dealkylation sites (tertiary alicyclic amines) is 1. The largest absolute Gasteiger partial charge is 0.393 e. The summed E-state index contributed by atoms with van der Waals surface area (Å²) in [5.74, 6) is 0.540. The van der Waals surface area contributed by atoms with Gasteiger partial charge in [-0.25, -0.2) is 0 Å². The molecule has 0 aromatic rings. The lowest BCUT2D eigenvalue weighted by Gasteiger charge is -2.26. The SMILES string of the molecule is CC(O)C1CCN(C(=O)C2CCCOC2)C1. The first-order valence-electron chi connectivity index (χ1n) is 6.23. The molecule has 16 heavy (non-hydrogen) atoms. The van der Waals surface area contributed by atoms with Crippen LogP contribution in [-0.4, -0.2) is 48.3 Å². The third kappa shape index (κ3) is 2.55. The van der Waals surface area contributed by atoms with E-state index in [-0.39, 0.29) is 23.8 Å². The molecule has 0 aliphatic carbocycles. The van der Waals surface area contributed by atoms with E-state index in [2.05, 4.69) is 0 Å². The summed E-state index contributed by atoms with van der Waals surface area (Å²) in [6, 6.07) is 0. The zero-order valence-corrected chi connectivity index (χ0v) is 9.89. The second kappa shape index (κ2) is 5.15. The van der Waals surface area contributed by atoms with Crippen LogP contribution in [0.15, 0.2) is 0 Å². The maximum atomic E-state index is 12.1. The highest BCUT2D eigenvalue weighted by Crippen LogP contribution is 2.24. The van der Waals surface area contributed by atoms with Crippen LogP contribution in [0.2, 0.25) is 0 Å². The van der Waals surface area contributed by atoms with Crippen LogP contribution in [0, 0.1) is 11.8 Å². The quantitative estimate of drug-likeness (QED) is 0.753. The van der Waals surface area contributed by atoms with Crippen LogP contribution in [0.5, 0.6) is 0 Å². The number of carbonyl (C=O) groups excluding carboxylic acids is 1. The summed E-state index contributed by atoms with van der Waals surface area (Å²) in [6.07, 6.45) is 2.57. The van der Waals surface area contributed by atoms with Crippen molar-refractivity contribution in [2.75, 3.05) is 26.3 Å². The molecule has 0 radical (unpaired) electrons. The molecular formula is C12H21NO3. The van der Waals surface area contributed by atoms with Gasteiger partial charge in [0.15, 0.2) is 0 Å². The molecule has 4 nitrogen and oxygen atoms in total. The van der Waals surface area contributed by atoms with Gasteiger partial charge in [0.05, 0.1) is 18.6 Å². The number of hydrogen-bond acceptors (Lipinski definition) is 3. The van der Waals surface area contributed by atoms with Crippen LogP contribution in [0.1, 0.15) is 26.2 Å². The summed E-state index contributed by atoms with van der Waals surface area (Å²) in [7, 11) is 0. The number of carbonyl (C=O) groups is 1. The predicted molar refractivity (Wildman–Crippen MR) is 59.9 cm³/mol. The van der Waals surface area contributed by atoms with Gasteiger partial charge in [0.25, 0.3) is 0 Å². The highest BCUT2D eigenvalue weighted by molar-refractivity contribution is 5.79. The number of rotatable bonds is 2. The van der Waals surface area contributed by atoms with Crippen molar-refractivity contribution < 1.29 is 14.6 Å². The fraction of sp³-hybridized carbons (Fsp3) is 0.917. The molecule has 0 saturated carbocycles. The van der Waals surface area contributed by atoms with Gasteiger partial charge in [-0.2, -0.15) is 0 Å². The van der Waals surface area contributed by atoms with Crippen molar-refractivity contribution in [3.8, 4) is 0 Å². The average molecular weight is 227 g/mol. The third-order valence-corrected chi connectivity index (χ3v) is 3.73. The van der Waals surface area contributed by atoms with Crippen LogP contribution in [-0.2, 0) is 9.53 Å². The van der Waals surface area contributed by atoms with Gasteiger partial charge in [-0.15, -0.1) is 0 Å². The Hall–Kier alpha value is -0.610. The van der Waals surface area contributed by atoms with E-state index >= 15 is 0 Å². The minimum Gasteiger partial charge on any atom is -0.393 e. The fourth-order valence-corrected chi connectivity index (χ4v) is 2.57. The van der Waals surface area contributed by atoms with E-state index in [4.69, 9.17) is 4.74 Å². The zero-order chi connectivity index (χ0) is 11.5. The van der Waals surface area contributed by atoms with E-state index in [1.165, 1.54) is 0 Å². The summed E-state index contributed by atoms with van der Waals surface area (Å²) in [5.41, 5.74) is 0. The first kappa shape index (κ1) is 11.9. The van der Waals surface area contributed by atoms with Gasteiger partial charge in [0.1, 0.15) is 0 Å². The van der Waals surface area contributed by atoms with E-state index < -0.39 is 0 Å². The normalized spacial score (nSPS) is 32.8. The topological polar surface area (TPSA) is 49.8 Å². The minimum atomic E-state index is -0.305. The molecule has 2 aliphatic heterocycles. The van der Waals surface area contributed by atoms with Crippen molar-refractivity contribution in [2.24, 2.45) is 11.8 Å². The number of aliphatic hydroxyl groups excluding tert-OH is 1. The number of amides is 1. The minimum absolute atomic E-state index is 0.0569. The monoisotopic (exact) mass is 227 g/mol. The first-order chi connectivity index (χ1) is 7.68. The molecule has 2 fully saturated rings. The molecule has 2 rings (SSSR count). The van der Waals surface area contributed by atoms with Gasteiger partial charge < -0.3 is 14.7 Å². The molecule has 2 heterocycles. The summed E-state index contributed by atoms with van der Waals surface area (Å²) in [6.45, 7) is 4.69. The number of ether oxygens (including phenoxy) is 1. The van der Waals surface area contributed by atoms with Gasteiger partial charge in [0, 0.05) is 25.6 Å². The lowest BCUT2D eigenvalue weighted by molar-refractivity contribution is -0.138. The molecule has 0 aromatic heterocycles. The average Bonchev–Trinajstić information content (AvgIpc) is 2.78. The van der Waals surface area contributed by atoms with E-state index in [9.17, 15) is 9.90 Å². The maximum absolute atomic E-state index is 12.1. The third-order valence-electron chi connectivity index (χ3n) is 3.73. The Morgan fingerprint density at radius 3 is 2.88 bits per heavy atom. The highest BCUT2D eigenvalue weighted by Gasteiger charge is 2.33. The van der Waals surface area contributed by atoms with E-state index in [0.717, 1.165) is 32.4 Å². The molecule has 1 amide bonds. The van der Waals surface area contributed by atoms with Gasteiger partial charge in [-0.3, -0.25) is 4.79 Å². The number of nitrogens with zero attached hydrogens (tertiary/aromatic N) is 1. The van der Waals surface area contributed by atoms with Gasteiger partial charge in [-0.05, 0) is 26.2 Å². The van der Waals surface area contributed by atoms with Gasteiger partial charge in [-0.1, -0.05) is 0 Å². The summed E-state index contributed by atoms with van der Waals surface area (Å²) in [4.78, 5) is 14.0. The first-order valence-corrected chi connectivity index (χ1v) is 6.23. The number of aliphatic hydroxyl groups is 1. The van der Waals surface area contributed by atoms with Crippen molar-refractivity contribution in [1.82, 2.24) is 4.90 Å². The van der Waals surface area contributed by atoms with Crippen LogP contribution >= 0.6 is 0 Å². The Labute approximate surface area is 96.6 Å². The smallest absolute Gasteiger partial charge is 0.228 e. The van der Waals surface area contributed by atoms with Crippen molar-refractivity contribution in [3.05, 3.63) is 0 Å². The van der Waals surface area contributed by atoms with Crippen molar-refractivity contribution in [1.29, 1.82) is 0 Å². The molecule has 1 N–H and O–H groups in total. The van der Waals surface area contributed by atoms with Gasteiger partial charge in [0.2, 0.25) is 5.91 Å². The van der Waals surface area contributed by atoms with Crippen molar-refractivity contribution >= 4 is 5.91 Å². The molecule has 2 aliphatic rings. The lowest BCUT2D eigenvalue weighted by atomic mass is 10.0. The lowest BCUT2D eigenvalue weighted by Crippen LogP contribution is -2.38. The summed E-state index contributed by atoms with van der Waals surface area (Å²) >= 11 is 0.